The molecule has 2 aromatic heterocycles. The molecule has 0 aliphatic heterocycles. The first-order chi connectivity index (χ1) is 11.0. The fraction of sp³-hybridized carbons (Fsp3) is 0.238. The van der Waals surface area contributed by atoms with E-state index >= 15 is 0 Å². The minimum absolute atomic E-state index is 1.33. The molecule has 0 aliphatic carbocycles. The van der Waals surface area contributed by atoms with Crippen molar-refractivity contribution in [2.24, 2.45) is 0 Å². The van der Waals surface area contributed by atoms with E-state index < -0.39 is 0 Å². The molecule has 2 heteroatoms. The van der Waals surface area contributed by atoms with Crippen molar-refractivity contribution in [2.45, 2.75) is 34.6 Å². The number of hydrogen-bond donors (Lipinski definition) is 0. The van der Waals surface area contributed by atoms with Gasteiger partial charge in [0.15, 0.2) is 0 Å². The molecule has 0 saturated heterocycles. The average molecular weight is 337 g/mol. The number of thiophene rings is 2. The molecule has 2 heterocycles. The van der Waals surface area contributed by atoms with Crippen molar-refractivity contribution in [1.29, 1.82) is 0 Å². The number of fused-ring (bicyclic) bond motifs is 3. The maximum absolute atomic E-state index is 2.30. The van der Waals surface area contributed by atoms with E-state index in [0.717, 1.165) is 0 Å². The van der Waals surface area contributed by atoms with Gasteiger partial charge in [0.1, 0.15) is 0 Å². The molecule has 116 valence electrons. The topological polar surface area (TPSA) is 0 Å². The van der Waals surface area contributed by atoms with Gasteiger partial charge in [0.2, 0.25) is 0 Å². The Morgan fingerprint density at radius 2 is 1.13 bits per heavy atom. The fourth-order valence-electron chi connectivity index (χ4n) is 3.60. The molecule has 0 fully saturated rings. The van der Waals surface area contributed by atoms with Gasteiger partial charge >= 0.3 is 0 Å². The third-order valence-corrected chi connectivity index (χ3v) is 7.62. The summed E-state index contributed by atoms with van der Waals surface area (Å²) in [6.07, 6.45) is 0. The van der Waals surface area contributed by atoms with E-state index in [4.69, 9.17) is 0 Å². The van der Waals surface area contributed by atoms with E-state index in [9.17, 15) is 0 Å². The molecule has 0 atom stereocenters. The highest BCUT2D eigenvalue weighted by Gasteiger charge is 2.21. The third kappa shape index (κ3) is 2.02. The summed E-state index contributed by atoms with van der Waals surface area (Å²) in [5.74, 6) is 0. The molecular weight excluding hydrogens is 316 g/mol. The zero-order chi connectivity index (χ0) is 16.3. The summed E-state index contributed by atoms with van der Waals surface area (Å²) >= 11 is 3.92. The van der Waals surface area contributed by atoms with Crippen molar-refractivity contribution in [2.75, 3.05) is 0 Å². The second-order valence-corrected chi connectivity index (χ2v) is 8.79. The second kappa shape index (κ2) is 5.19. The van der Waals surface area contributed by atoms with Crippen molar-refractivity contribution in [3.05, 3.63) is 56.8 Å². The van der Waals surface area contributed by atoms with Crippen LogP contribution in [0.25, 0.3) is 31.3 Å². The number of rotatable bonds is 1. The van der Waals surface area contributed by atoms with Crippen LogP contribution >= 0.6 is 22.7 Å². The Labute approximate surface area is 145 Å². The Morgan fingerprint density at radius 3 is 1.74 bits per heavy atom. The van der Waals surface area contributed by atoms with E-state index in [2.05, 4.69) is 65.0 Å². The van der Waals surface area contributed by atoms with Crippen LogP contribution in [0.3, 0.4) is 0 Å². The van der Waals surface area contributed by atoms with Crippen LogP contribution < -0.4 is 0 Å². The predicted molar refractivity (Wildman–Crippen MR) is 106 cm³/mol. The highest BCUT2D eigenvalue weighted by molar-refractivity contribution is 7.27. The van der Waals surface area contributed by atoms with E-state index in [1.807, 2.05) is 22.7 Å². The van der Waals surface area contributed by atoms with Crippen LogP contribution in [0.5, 0.6) is 0 Å². The van der Waals surface area contributed by atoms with Crippen LogP contribution in [0.1, 0.15) is 26.4 Å². The molecule has 0 N–H and O–H groups in total. The lowest BCUT2D eigenvalue weighted by molar-refractivity contribution is 1.43. The first kappa shape index (κ1) is 14.9. The van der Waals surface area contributed by atoms with Crippen LogP contribution in [0.4, 0.5) is 0 Å². The zero-order valence-electron chi connectivity index (χ0n) is 14.2. The highest BCUT2D eigenvalue weighted by Crippen LogP contribution is 2.48. The monoisotopic (exact) mass is 336 g/mol. The van der Waals surface area contributed by atoms with Gasteiger partial charge in [-0.2, -0.15) is 0 Å². The minimum Gasteiger partial charge on any atom is -0.139 e. The molecule has 0 nitrogen and oxygen atoms in total. The van der Waals surface area contributed by atoms with Crippen molar-refractivity contribution >= 4 is 42.8 Å². The number of benzene rings is 2. The summed E-state index contributed by atoms with van der Waals surface area (Å²) in [5, 5.41) is 2.94. The van der Waals surface area contributed by atoms with Gasteiger partial charge in [0, 0.05) is 20.5 Å². The molecular formula is C21H20S2. The molecule has 4 aromatic rings. The van der Waals surface area contributed by atoms with E-state index in [-0.39, 0.29) is 0 Å². The van der Waals surface area contributed by atoms with Crippen LogP contribution in [0.2, 0.25) is 0 Å². The Morgan fingerprint density at radius 1 is 0.609 bits per heavy atom. The second-order valence-electron chi connectivity index (χ2n) is 6.34. The fourth-order valence-corrected chi connectivity index (χ4v) is 6.13. The molecule has 23 heavy (non-hydrogen) atoms. The summed E-state index contributed by atoms with van der Waals surface area (Å²) < 4.78 is 2.95. The first-order valence-corrected chi connectivity index (χ1v) is 9.61. The molecule has 0 unspecified atom stereocenters. The lowest BCUT2D eigenvalue weighted by Crippen LogP contribution is -1.88. The SMILES string of the molecule is Cc1sc2c(c1C)c(C)c(-c1ccccc1)c1c(C)c(C)sc12. The van der Waals surface area contributed by atoms with Crippen LogP contribution in [-0.2, 0) is 0 Å². The molecule has 2 aromatic carbocycles. The highest BCUT2D eigenvalue weighted by atomic mass is 32.1. The lowest BCUT2D eigenvalue weighted by Gasteiger charge is -2.12. The maximum Gasteiger partial charge on any atom is 0.0533 e. The van der Waals surface area contributed by atoms with Gasteiger partial charge in [0.05, 0.1) is 9.40 Å². The van der Waals surface area contributed by atoms with Gasteiger partial charge in [-0.15, -0.1) is 22.7 Å². The van der Waals surface area contributed by atoms with Crippen molar-refractivity contribution in [3.63, 3.8) is 0 Å². The Hall–Kier alpha value is -1.64. The number of hydrogen-bond acceptors (Lipinski definition) is 2. The molecule has 0 amide bonds. The van der Waals surface area contributed by atoms with E-state index in [1.165, 1.54) is 57.7 Å². The quantitative estimate of drug-likeness (QED) is 0.341. The minimum atomic E-state index is 1.33. The molecule has 0 spiro atoms. The van der Waals surface area contributed by atoms with Crippen LogP contribution in [0.15, 0.2) is 30.3 Å². The summed E-state index contributed by atoms with van der Waals surface area (Å²) in [7, 11) is 0. The smallest absolute Gasteiger partial charge is 0.0533 e. The van der Waals surface area contributed by atoms with E-state index in [1.54, 1.807) is 0 Å². The zero-order valence-corrected chi connectivity index (χ0v) is 15.8. The van der Waals surface area contributed by atoms with Gasteiger partial charge in [0.25, 0.3) is 0 Å². The summed E-state index contributed by atoms with van der Waals surface area (Å²) in [6.45, 7) is 11.4. The largest absolute Gasteiger partial charge is 0.139 e. The maximum atomic E-state index is 2.30. The van der Waals surface area contributed by atoms with Gasteiger partial charge in [-0.05, 0) is 62.4 Å². The van der Waals surface area contributed by atoms with Gasteiger partial charge in [-0.25, -0.2) is 0 Å². The van der Waals surface area contributed by atoms with Gasteiger partial charge in [-0.3, -0.25) is 0 Å². The summed E-state index contributed by atoms with van der Waals surface area (Å²) in [5.41, 5.74) is 7.08. The lowest BCUT2D eigenvalue weighted by atomic mass is 9.91. The van der Waals surface area contributed by atoms with Crippen molar-refractivity contribution < 1.29 is 0 Å². The molecule has 0 saturated carbocycles. The molecule has 0 aliphatic rings. The first-order valence-electron chi connectivity index (χ1n) is 7.98. The van der Waals surface area contributed by atoms with E-state index in [0.29, 0.717) is 0 Å². The Bertz CT molecular complexity index is 1050. The van der Waals surface area contributed by atoms with Gasteiger partial charge < -0.3 is 0 Å². The molecule has 0 bridgehead atoms. The standard InChI is InChI=1S/C21H20S2/c1-11-14(4)22-20-17(11)13(3)18(16-9-7-6-8-10-16)19-12(2)15(5)23-21(19)20/h6-10H,1-5H3. The Balaban J connectivity index is 2.31. The normalized spacial score (nSPS) is 11.7. The average Bonchev–Trinajstić information content (AvgIpc) is 3.00. The Kier molecular flexibility index (Phi) is 3.36. The third-order valence-electron chi connectivity index (χ3n) is 5.04. The van der Waals surface area contributed by atoms with Gasteiger partial charge in [-0.1, -0.05) is 30.3 Å². The molecule has 0 radical (unpaired) electrons. The number of aryl methyl sites for hydroxylation is 5. The van der Waals surface area contributed by atoms with Crippen molar-refractivity contribution in [1.82, 2.24) is 0 Å². The predicted octanol–water partition coefficient (Wildman–Crippen LogP) is 7.33. The summed E-state index contributed by atoms with van der Waals surface area (Å²) in [6, 6.07) is 10.9. The van der Waals surface area contributed by atoms with Crippen LogP contribution in [-0.4, -0.2) is 0 Å². The summed E-state index contributed by atoms with van der Waals surface area (Å²) in [4.78, 5) is 2.88. The van der Waals surface area contributed by atoms with Crippen molar-refractivity contribution in [3.8, 4) is 11.1 Å². The molecule has 4 rings (SSSR count). The van der Waals surface area contributed by atoms with Crippen LogP contribution in [0, 0.1) is 34.6 Å².